The van der Waals surface area contributed by atoms with Crippen LogP contribution < -0.4 is 0 Å². The van der Waals surface area contributed by atoms with Gasteiger partial charge in [0.05, 0.1) is 0 Å². The molecular weight excluding hydrogens is 220 g/mol. The van der Waals surface area contributed by atoms with E-state index in [1.165, 1.54) is 22.2 Å². The molecule has 0 spiro atoms. The topological polar surface area (TPSA) is 19.0 Å². The number of aryl methyl sites for hydroxylation is 1. The predicted octanol–water partition coefficient (Wildman–Crippen LogP) is 3.61. The lowest BCUT2D eigenvalue weighted by molar-refractivity contribution is 0.277. The van der Waals surface area contributed by atoms with Crippen LogP contribution in [0.4, 0.5) is 0 Å². The molecule has 0 amide bonds. The van der Waals surface area contributed by atoms with Crippen LogP contribution in [0, 0.1) is 0 Å². The third kappa shape index (κ3) is 2.59. The number of nitrogens with one attached hydrogen (secondary N) is 1. The van der Waals surface area contributed by atoms with Crippen molar-refractivity contribution in [3.8, 4) is 0 Å². The summed E-state index contributed by atoms with van der Waals surface area (Å²) in [6.07, 6.45) is 2.21. The second-order valence-electron chi connectivity index (χ2n) is 5.31. The number of aromatic amines is 1. The van der Waals surface area contributed by atoms with Crippen molar-refractivity contribution in [2.75, 3.05) is 13.6 Å². The van der Waals surface area contributed by atoms with E-state index < -0.39 is 0 Å². The highest BCUT2D eigenvalue weighted by Gasteiger charge is 2.11. The number of rotatable bonds is 5. The standard InChI is InChI=1S/C16H24N2/c1-5-15-14(10-11-18(4)12(2)3)13-8-6-7-9-16(13)17-15/h6-9,12,17H,5,10-11H2,1-4H3. The average Bonchev–Trinajstić information content (AvgIpc) is 2.73. The first-order chi connectivity index (χ1) is 8.63. The van der Waals surface area contributed by atoms with Crippen LogP contribution in [0.5, 0.6) is 0 Å². The van der Waals surface area contributed by atoms with E-state index in [4.69, 9.17) is 0 Å². The normalized spacial score (nSPS) is 11.9. The molecule has 0 aliphatic rings. The summed E-state index contributed by atoms with van der Waals surface area (Å²) >= 11 is 0. The molecule has 2 aromatic rings. The fraction of sp³-hybridized carbons (Fsp3) is 0.500. The van der Waals surface area contributed by atoms with Gasteiger partial charge in [-0.3, -0.25) is 0 Å². The Morgan fingerprint density at radius 2 is 1.94 bits per heavy atom. The number of nitrogens with zero attached hydrogens (tertiary/aromatic N) is 1. The zero-order chi connectivity index (χ0) is 13.1. The lowest BCUT2D eigenvalue weighted by Gasteiger charge is -2.20. The Hall–Kier alpha value is -1.28. The van der Waals surface area contributed by atoms with Gasteiger partial charge in [0.1, 0.15) is 0 Å². The summed E-state index contributed by atoms with van der Waals surface area (Å²) in [6.45, 7) is 7.83. The number of aromatic nitrogens is 1. The fourth-order valence-electron chi connectivity index (χ4n) is 2.39. The molecule has 0 unspecified atom stereocenters. The van der Waals surface area contributed by atoms with Crippen LogP contribution in [-0.4, -0.2) is 29.5 Å². The Labute approximate surface area is 110 Å². The molecule has 0 radical (unpaired) electrons. The second-order valence-corrected chi connectivity index (χ2v) is 5.31. The molecule has 1 heterocycles. The molecule has 2 heteroatoms. The number of likely N-dealkylation sites (N-methyl/N-ethyl adjacent to an activating group) is 1. The van der Waals surface area contributed by atoms with Gasteiger partial charge in [-0.15, -0.1) is 0 Å². The molecule has 2 rings (SSSR count). The largest absolute Gasteiger partial charge is 0.358 e. The third-order valence-electron chi connectivity index (χ3n) is 3.85. The highest BCUT2D eigenvalue weighted by molar-refractivity contribution is 5.84. The van der Waals surface area contributed by atoms with Gasteiger partial charge in [-0.25, -0.2) is 0 Å². The van der Waals surface area contributed by atoms with Crippen LogP contribution in [0.25, 0.3) is 10.9 Å². The van der Waals surface area contributed by atoms with Gasteiger partial charge in [-0.2, -0.15) is 0 Å². The van der Waals surface area contributed by atoms with Crippen LogP contribution in [0.15, 0.2) is 24.3 Å². The lowest BCUT2D eigenvalue weighted by Crippen LogP contribution is -2.28. The Bertz CT molecular complexity index is 511. The van der Waals surface area contributed by atoms with Crippen molar-refractivity contribution in [1.82, 2.24) is 9.88 Å². The van der Waals surface area contributed by atoms with E-state index in [2.05, 4.69) is 62.0 Å². The molecule has 0 saturated carbocycles. The predicted molar refractivity (Wildman–Crippen MR) is 79.1 cm³/mol. The van der Waals surface area contributed by atoms with Gasteiger partial charge < -0.3 is 9.88 Å². The maximum absolute atomic E-state index is 3.55. The number of benzene rings is 1. The monoisotopic (exact) mass is 244 g/mol. The van der Waals surface area contributed by atoms with Gasteiger partial charge in [-0.05, 0) is 45.4 Å². The summed E-state index contributed by atoms with van der Waals surface area (Å²) in [5.41, 5.74) is 4.17. The summed E-state index contributed by atoms with van der Waals surface area (Å²) in [5.74, 6) is 0. The van der Waals surface area contributed by atoms with E-state index in [0.29, 0.717) is 6.04 Å². The number of hydrogen-bond acceptors (Lipinski definition) is 1. The quantitative estimate of drug-likeness (QED) is 0.851. The zero-order valence-electron chi connectivity index (χ0n) is 12.0. The first-order valence-corrected chi connectivity index (χ1v) is 6.92. The minimum atomic E-state index is 0.611. The minimum absolute atomic E-state index is 0.611. The van der Waals surface area contributed by atoms with Crippen LogP contribution in [0.3, 0.4) is 0 Å². The van der Waals surface area contributed by atoms with Crippen molar-refractivity contribution in [1.29, 1.82) is 0 Å². The molecule has 0 saturated heterocycles. The van der Waals surface area contributed by atoms with Crippen molar-refractivity contribution in [2.24, 2.45) is 0 Å². The highest BCUT2D eigenvalue weighted by Crippen LogP contribution is 2.23. The van der Waals surface area contributed by atoms with E-state index in [1.54, 1.807) is 0 Å². The fourth-order valence-corrected chi connectivity index (χ4v) is 2.39. The van der Waals surface area contributed by atoms with Crippen LogP contribution in [0.1, 0.15) is 32.0 Å². The van der Waals surface area contributed by atoms with Crippen molar-refractivity contribution in [3.05, 3.63) is 35.5 Å². The number of hydrogen-bond donors (Lipinski definition) is 1. The molecule has 0 atom stereocenters. The van der Waals surface area contributed by atoms with Gasteiger partial charge in [0.15, 0.2) is 0 Å². The first kappa shape index (κ1) is 13.2. The van der Waals surface area contributed by atoms with Gasteiger partial charge in [0.25, 0.3) is 0 Å². The van der Waals surface area contributed by atoms with Gasteiger partial charge >= 0.3 is 0 Å². The molecule has 98 valence electrons. The molecule has 1 N–H and O–H groups in total. The van der Waals surface area contributed by atoms with E-state index in [-0.39, 0.29) is 0 Å². The Kier molecular flexibility index (Phi) is 4.07. The van der Waals surface area contributed by atoms with E-state index >= 15 is 0 Å². The average molecular weight is 244 g/mol. The summed E-state index contributed by atoms with van der Waals surface area (Å²) in [7, 11) is 2.20. The molecular formula is C16H24N2. The smallest absolute Gasteiger partial charge is 0.0458 e. The van der Waals surface area contributed by atoms with Gasteiger partial charge in [0, 0.05) is 29.2 Å². The van der Waals surface area contributed by atoms with Gasteiger partial charge in [-0.1, -0.05) is 25.1 Å². The Morgan fingerprint density at radius 1 is 1.22 bits per heavy atom. The minimum Gasteiger partial charge on any atom is -0.358 e. The molecule has 0 fully saturated rings. The lowest BCUT2D eigenvalue weighted by atomic mass is 10.1. The summed E-state index contributed by atoms with van der Waals surface area (Å²) in [4.78, 5) is 5.95. The van der Waals surface area contributed by atoms with Crippen molar-refractivity contribution >= 4 is 10.9 Å². The zero-order valence-corrected chi connectivity index (χ0v) is 12.0. The third-order valence-corrected chi connectivity index (χ3v) is 3.85. The maximum atomic E-state index is 3.55. The molecule has 0 aliphatic heterocycles. The molecule has 1 aromatic heterocycles. The Morgan fingerprint density at radius 3 is 2.61 bits per heavy atom. The number of para-hydroxylation sites is 1. The van der Waals surface area contributed by atoms with Crippen LogP contribution >= 0.6 is 0 Å². The second kappa shape index (κ2) is 5.57. The highest BCUT2D eigenvalue weighted by atomic mass is 15.1. The van der Waals surface area contributed by atoms with Gasteiger partial charge in [0.2, 0.25) is 0 Å². The van der Waals surface area contributed by atoms with Crippen molar-refractivity contribution in [3.63, 3.8) is 0 Å². The molecule has 0 bridgehead atoms. The maximum Gasteiger partial charge on any atom is 0.0458 e. The number of H-pyrrole nitrogens is 1. The molecule has 1 aromatic carbocycles. The summed E-state index contributed by atoms with van der Waals surface area (Å²) in [5, 5.41) is 1.39. The SMILES string of the molecule is CCc1[nH]c2ccccc2c1CCN(C)C(C)C. The van der Waals surface area contributed by atoms with Crippen molar-refractivity contribution in [2.45, 2.75) is 39.7 Å². The van der Waals surface area contributed by atoms with Crippen molar-refractivity contribution < 1.29 is 0 Å². The summed E-state index contributed by atoms with van der Waals surface area (Å²) < 4.78 is 0. The van der Waals surface area contributed by atoms with Crippen LogP contribution in [0.2, 0.25) is 0 Å². The van der Waals surface area contributed by atoms with E-state index in [1.807, 2.05) is 0 Å². The van der Waals surface area contributed by atoms with E-state index in [0.717, 1.165) is 19.4 Å². The van der Waals surface area contributed by atoms with E-state index in [9.17, 15) is 0 Å². The number of fused-ring (bicyclic) bond motifs is 1. The molecule has 18 heavy (non-hydrogen) atoms. The summed E-state index contributed by atoms with van der Waals surface area (Å²) in [6, 6.07) is 9.24. The van der Waals surface area contributed by atoms with Crippen LogP contribution in [-0.2, 0) is 12.8 Å². The molecule has 2 nitrogen and oxygen atoms in total. The Balaban J connectivity index is 2.25. The molecule has 0 aliphatic carbocycles. The first-order valence-electron chi connectivity index (χ1n) is 6.92.